The number of halogens is 4. The maximum atomic E-state index is 15.0. The summed E-state index contributed by atoms with van der Waals surface area (Å²) in [6.45, 7) is 1.37. The van der Waals surface area contributed by atoms with Crippen LogP contribution in [0, 0.1) is 35.3 Å². The summed E-state index contributed by atoms with van der Waals surface area (Å²) in [6.07, 6.45) is 7.66. The second-order valence-electron chi connectivity index (χ2n) is 8.82. The zero-order valence-electron chi connectivity index (χ0n) is 17.4. The van der Waals surface area contributed by atoms with Gasteiger partial charge in [0.1, 0.15) is 0 Å². The number of ether oxygens (including phenoxy) is 1. The molecule has 2 saturated carbocycles. The van der Waals surface area contributed by atoms with E-state index in [4.69, 9.17) is 4.74 Å². The largest absolute Gasteiger partial charge is 0.491 e. The zero-order valence-corrected chi connectivity index (χ0v) is 17.4. The lowest BCUT2D eigenvalue weighted by Crippen LogP contribution is -2.17. The van der Waals surface area contributed by atoms with Gasteiger partial charge in [-0.2, -0.15) is 4.39 Å². The molecule has 0 heterocycles. The highest BCUT2D eigenvalue weighted by atomic mass is 19.2. The highest BCUT2D eigenvalue weighted by Gasteiger charge is 2.41. The van der Waals surface area contributed by atoms with E-state index in [1.807, 2.05) is 0 Å². The van der Waals surface area contributed by atoms with Crippen LogP contribution in [0.15, 0.2) is 12.1 Å². The number of benzene rings is 1. The fourth-order valence-corrected chi connectivity index (χ4v) is 6.03. The van der Waals surface area contributed by atoms with Crippen LogP contribution in [0.2, 0.25) is 0 Å². The monoisotopic (exact) mass is 414 g/mol. The Morgan fingerprint density at radius 2 is 1.62 bits per heavy atom. The first kappa shape index (κ1) is 22.4. The molecule has 5 unspecified atom stereocenters. The molecule has 0 spiro atoms. The summed E-state index contributed by atoms with van der Waals surface area (Å²) < 4.78 is 60.3. The van der Waals surface area contributed by atoms with Gasteiger partial charge in [-0.1, -0.05) is 6.07 Å². The molecular weight excluding hydrogens is 380 g/mol. The molecule has 1 aromatic rings. The molecule has 0 amide bonds. The van der Waals surface area contributed by atoms with E-state index < -0.39 is 11.6 Å². The smallest absolute Gasteiger partial charge is 0.200 e. The normalized spacial score (nSPS) is 29.5. The molecule has 3 rings (SSSR count). The van der Waals surface area contributed by atoms with Gasteiger partial charge in [0.2, 0.25) is 5.82 Å². The Morgan fingerprint density at radius 3 is 2.31 bits per heavy atom. The fourth-order valence-electron chi connectivity index (χ4n) is 6.03. The van der Waals surface area contributed by atoms with Crippen molar-refractivity contribution >= 4 is 0 Å². The maximum absolute atomic E-state index is 15.0. The molecule has 0 radical (unpaired) electrons. The Hall–Kier alpha value is -1.26. The third-order valence-electron chi connectivity index (χ3n) is 7.30. The highest BCUT2D eigenvalue weighted by molar-refractivity contribution is 5.33. The van der Waals surface area contributed by atoms with E-state index in [9.17, 15) is 17.6 Å². The maximum Gasteiger partial charge on any atom is 0.200 e. The lowest BCUT2D eigenvalue weighted by Gasteiger charge is -2.27. The Kier molecular flexibility index (Phi) is 8.25. The van der Waals surface area contributed by atoms with Gasteiger partial charge in [0.15, 0.2) is 11.6 Å². The summed E-state index contributed by atoms with van der Waals surface area (Å²) in [7, 11) is 0. The van der Waals surface area contributed by atoms with Crippen molar-refractivity contribution in [1.82, 2.24) is 0 Å². The van der Waals surface area contributed by atoms with Crippen LogP contribution in [0.1, 0.15) is 76.2 Å². The first-order valence-electron chi connectivity index (χ1n) is 11.3. The summed E-state index contributed by atoms with van der Waals surface area (Å²) in [5, 5.41) is 0. The van der Waals surface area contributed by atoms with E-state index in [0.717, 1.165) is 38.5 Å². The van der Waals surface area contributed by atoms with Gasteiger partial charge >= 0.3 is 0 Å². The van der Waals surface area contributed by atoms with Crippen molar-refractivity contribution in [3.05, 3.63) is 29.3 Å². The summed E-state index contributed by atoms with van der Waals surface area (Å²) >= 11 is 0. The molecule has 1 nitrogen and oxygen atoms in total. The molecule has 0 aliphatic heterocycles. The average molecular weight is 415 g/mol. The number of fused-ring (bicyclic) bond motifs is 1. The summed E-state index contributed by atoms with van der Waals surface area (Å²) in [5.41, 5.74) is 0.412. The standard InChI is InChI=1S/C24H34F4O/c1-2-29-22-12-11-21(23(27)24(22)28)20-10-9-19-16(5-3-13-25)7-8-18(19)15-17(20)6-4-14-26/h11-12,16-20H,2-10,13-15H2,1H3. The molecule has 0 bridgehead atoms. The van der Waals surface area contributed by atoms with Crippen LogP contribution in [0.4, 0.5) is 17.6 Å². The molecule has 29 heavy (non-hydrogen) atoms. The molecule has 5 atom stereocenters. The minimum atomic E-state index is -0.918. The second-order valence-corrected chi connectivity index (χ2v) is 8.82. The summed E-state index contributed by atoms with van der Waals surface area (Å²) in [4.78, 5) is 0. The van der Waals surface area contributed by atoms with Crippen LogP contribution >= 0.6 is 0 Å². The van der Waals surface area contributed by atoms with Crippen molar-refractivity contribution in [3.63, 3.8) is 0 Å². The molecule has 5 heteroatoms. The van der Waals surface area contributed by atoms with E-state index >= 15 is 0 Å². The topological polar surface area (TPSA) is 9.23 Å². The van der Waals surface area contributed by atoms with Gasteiger partial charge in [-0.05, 0) is 106 Å². The zero-order chi connectivity index (χ0) is 20.8. The minimum absolute atomic E-state index is 0.0502. The molecule has 2 fully saturated rings. The Labute approximate surface area is 172 Å². The highest BCUT2D eigenvalue weighted by Crippen LogP contribution is 2.52. The molecule has 1 aromatic carbocycles. The van der Waals surface area contributed by atoms with E-state index in [1.165, 1.54) is 6.07 Å². The number of alkyl halides is 2. The predicted octanol–water partition coefficient (Wildman–Crippen LogP) is 7.39. The quantitative estimate of drug-likeness (QED) is 0.383. The van der Waals surface area contributed by atoms with Crippen molar-refractivity contribution in [3.8, 4) is 5.75 Å². The second kappa shape index (κ2) is 10.7. The van der Waals surface area contributed by atoms with Crippen molar-refractivity contribution in [2.75, 3.05) is 20.0 Å². The molecule has 0 aromatic heterocycles. The number of hydrogen-bond donors (Lipinski definition) is 0. The molecule has 0 saturated heterocycles. The van der Waals surface area contributed by atoms with Gasteiger partial charge in [0.05, 0.1) is 20.0 Å². The first-order valence-corrected chi connectivity index (χ1v) is 11.3. The fraction of sp³-hybridized carbons (Fsp3) is 0.750. The molecule has 164 valence electrons. The number of rotatable bonds is 9. The van der Waals surface area contributed by atoms with Crippen LogP contribution in [0.3, 0.4) is 0 Å². The van der Waals surface area contributed by atoms with E-state index in [2.05, 4.69) is 0 Å². The van der Waals surface area contributed by atoms with Crippen molar-refractivity contribution in [2.24, 2.45) is 23.7 Å². The van der Waals surface area contributed by atoms with Crippen molar-refractivity contribution in [2.45, 2.75) is 70.6 Å². The van der Waals surface area contributed by atoms with Gasteiger partial charge in [0.25, 0.3) is 0 Å². The Morgan fingerprint density at radius 1 is 0.897 bits per heavy atom. The van der Waals surface area contributed by atoms with E-state index in [-0.39, 0.29) is 37.5 Å². The van der Waals surface area contributed by atoms with E-state index in [1.54, 1.807) is 13.0 Å². The van der Waals surface area contributed by atoms with Gasteiger partial charge in [-0.15, -0.1) is 0 Å². The van der Waals surface area contributed by atoms with E-state index in [0.29, 0.717) is 42.6 Å². The predicted molar refractivity (Wildman–Crippen MR) is 108 cm³/mol. The van der Waals surface area contributed by atoms with Gasteiger partial charge < -0.3 is 4.74 Å². The van der Waals surface area contributed by atoms with Crippen LogP contribution in [0.25, 0.3) is 0 Å². The molecule has 2 aliphatic rings. The van der Waals surface area contributed by atoms with Gasteiger partial charge in [-0.3, -0.25) is 8.78 Å². The Bertz CT molecular complexity index is 650. The average Bonchev–Trinajstić information content (AvgIpc) is 3.00. The lowest BCUT2D eigenvalue weighted by atomic mass is 9.78. The van der Waals surface area contributed by atoms with Crippen molar-refractivity contribution in [1.29, 1.82) is 0 Å². The third kappa shape index (κ3) is 5.08. The van der Waals surface area contributed by atoms with Crippen LogP contribution in [-0.2, 0) is 0 Å². The summed E-state index contributed by atoms with van der Waals surface area (Å²) in [6, 6.07) is 3.19. The molecule has 0 N–H and O–H groups in total. The van der Waals surface area contributed by atoms with Crippen LogP contribution < -0.4 is 4.74 Å². The van der Waals surface area contributed by atoms with Gasteiger partial charge in [-0.25, -0.2) is 4.39 Å². The van der Waals surface area contributed by atoms with Gasteiger partial charge in [0, 0.05) is 0 Å². The molecular formula is C24H34F4O. The molecule has 2 aliphatic carbocycles. The SMILES string of the molecule is CCOc1ccc(C2CCC3C(CCCF)CCC3CC2CCCF)c(F)c1F. The van der Waals surface area contributed by atoms with Crippen LogP contribution in [-0.4, -0.2) is 20.0 Å². The first-order chi connectivity index (χ1) is 14.1. The lowest BCUT2D eigenvalue weighted by molar-refractivity contribution is 0.254. The van der Waals surface area contributed by atoms with Crippen molar-refractivity contribution < 1.29 is 22.3 Å². The Balaban J connectivity index is 1.84. The minimum Gasteiger partial charge on any atom is -0.491 e. The number of hydrogen-bond acceptors (Lipinski definition) is 1. The summed E-state index contributed by atoms with van der Waals surface area (Å²) in [5.74, 6) is -0.0956. The third-order valence-corrected chi connectivity index (χ3v) is 7.30. The van der Waals surface area contributed by atoms with Crippen LogP contribution in [0.5, 0.6) is 5.75 Å².